The average molecular weight is 369 g/mol. The summed E-state index contributed by atoms with van der Waals surface area (Å²) in [5.74, 6) is 0.805. The summed E-state index contributed by atoms with van der Waals surface area (Å²) in [4.78, 5) is 4.32. The van der Waals surface area contributed by atoms with Crippen LogP contribution in [-0.2, 0) is 22.9 Å². The lowest BCUT2D eigenvalue weighted by molar-refractivity contribution is 0.394. The Balaban J connectivity index is 1.68. The average Bonchev–Trinajstić information content (AvgIpc) is 3.08. The molecule has 0 saturated heterocycles. The van der Waals surface area contributed by atoms with E-state index in [1.54, 1.807) is 31.2 Å². The lowest BCUT2D eigenvalue weighted by Gasteiger charge is -2.20. The highest BCUT2D eigenvalue weighted by molar-refractivity contribution is 7.92. The van der Waals surface area contributed by atoms with Crippen molar-refractivity contribution in [1.82, 2.24) is 10.1 Å². The second-order valence-corrected chi connectivity index (χ2v) is 8.10. The maximum Gasteiger partial charge on any atom is 0.261 e. The molecule has 0 spiro atoms. The predicted octanol–water partition coefficient (Wildman–Crippen LogP) is 3.72. The van der Waals surface area contributed by atoms with Crippen LogP contribution < -0.4 is 4.72 Å². The molecule has 0 saturated carbocycles. The Kier molecular flexibility index (Phi) is 4.24. The van der Waals surface area contributed by atoms with E-state index >= 15 is 0 Å². The van der Waals surface area contributed by atoms with Gasteiger partial charge in [-0.15, -0.1) is 0 Å². The van der Waals surface area contributed by atoms with Gasteiger partial charge < -0.3 is 4.52 Å². The first kappa shape index (κ1) is 16.8. The molecule has 1 N–H and O–H groups in total. The number of anilines is 1. The van der Waals surface area contributed by atoms with Crippen molar-refractivity contribution in [2.24, 2.45) is 0 Å². The molecular weight excluding hydrogens is 350 g/mol. The molecule has 1 aliphatic rings. The van der Waals surface area contributed by atoms with E-state index in [2.05, 4.69) is 20.9 Å². The maximum atomic E-state index is 12.9. The quantitative estimate of drug-likeness (QED) is 0.757. The van der Waals surface area contributed by atoms with E-state index < -0.39 is 10.0 Å². The van der Waals surface area contributed by atoms with E-state index in [1.807, 2.05) is 12.1 Å². The second-order valence-electron chi connectivity index (χ2n) is 6.42. The number of hydrogen-bond donors (Lipinski definition) is 1. The summed E-state index contributed by atoms with van der Waals surface area (Å²) in [5, 5.41) is 3.85. The van der Waals surface area contributed by atoms with Crippen molar-refractivity contribution in [1.29, 1.82) is 0 Å². The van der Waals surface area contributed by atoms with Crippen molar-refractivity contribution in [3.8, 4) is 11.4 Å². The first-order chi connectivity index (χ1) is 12.5. The summed E-state index contributed by atoms with van der Waals surface area (Å²) in [7, 11) is -3.71. The molecule has 2 aromatic carbocycles. The monoisotopic (exact) mass is 369 g/mol. The van der Waals surface area contributed by atoms with E-state index in [1.165, 1.54) is 5.56 Å². The van der Waals surface area contributed by atoms with Gasteiger partial charge >= 0.3 is 0 Å². The number of nitrogens with zero attached hydrogens (tertiary/aromatic N) is 2. The van der Waals surface area contributed by atoms with Crippen LogP contribution in [0.5, 0.6) is 0 Å². The fourth-order valence-electron chi connectivity index (χ4n) is 3.30. The van der Waals surface area contributed by atoms with E-state index in [4.69, 9.17) is 4.52 Å². The van der Waals surface area contributed by atoms with Gasteiger partial charge in [0.15, 0.2) is 0 Å². The smallest absolute Gasteiger partial charge is 0.261 e. The van der Waals surface area contributed by atoms with Gasteiger partial charge in [-0.2, -0.15) is 4.98 Å². The van der Waals surface area contributed by atoms with Gasteiger partial charge in [0.25, 0.3) is 10.0 Å². The van der Waals surface area contributed by atoms with Gasteiger partial charge in [0.1, 0.15) is 0 Å². The van der Waals surface area contributed by atoms with Crippen molar-refractivity contribution in [2.75, 3.05) is 4.72 Å². The Labute approximate surface area is 152 Å². The van der Waals surface area contributed by atoms with Gasteiger partial charge in [0, 0.05) is 12.5 Å². The highest BCUT2D eigenvalue weighted by Gasteiger charge is 2.20. The van der Waals surface area contributed by atoms with E-state index in [0.717, 1.165) is 31.2 Å². The van der Waals surface area contributed by atoms with Crippen molar-refractivity contribution in [3.63, 3.8) is 0 Å². The zero-order valence-corrected chi connectivity index (χ0v) is 15.2. The minimum Gasteiger partial charge on any atom is -0.339 e. The molecule has 0 aliphatic heterocycles. The zero-order chi connectivity index (χ0) is 18.1. The molecular formula is C19H19N3O3S. The fraction of sp³-hybridized carbons (Fsp3) is 0.263. The van der Waals surface area contributed by atoms with Crippen molar-refractivity contribution in [3.05, 3.63) is 59.5 Å². The molecule has 26 heavy (non-hydrogen) atoms. The molecule has 7 heteroatoms. The molecule has 1 heterocycles. The van der Waals surface area contributed by atoms with Crippen LogP contribution in [-0.4, -0.2) is 18.6 Å². The number of aromatic nitrogens is 2. The Bertz CT molecular complexity index is 1060. The van der Waals surface area contributed by atoms with Crippen LogP contribution in [0, 0.1) is 6.92 Å². The molecule has 4 rings (SSSR count). The fourth-order valence-corrected chi connectivity index (χ4v) is 4.44. The minimum absolute atomic E-state index is 0.172. The normalized spacial score (nSPS) is 14.0. The maximum absolute atomic E-state index is 12.9. The third kappa shape index (κ3) is 3.22. The number of sulfonamides is 1. The SMILES string of the molecule is Cc1nc(-c2cccc(S(=O)(=O)Nc3cccc4c3CCCC4)c2)no1. The van der Waals surface area contributed by atoms with Crippen molar-refractivity contribution >= 4 is 15.7 Å². The first-order valence-corrected chi connectivity index (χ1v) is 10.1. The molecule has 1 aromatic heterocycles. The molecule has 3 aromatic rings. The summed E-state index contributed by atoms with van der Waals surface area (Å²) in [6, 6.07) is 12.4. The van der Waals surface area contributed by atoms with Gasteiger partial charge in [-0.1, -0.05) is 29.4 Å². The van der Waals surface area contributed by atoms with Crippen LogP contribution in [0.25, 0.3) is 11.4 Å². The van der Waals surface area contributed by atoms with Gasteiger partial charge in [-0.25, -0.2) is 8.42 Å². The molecule has 0 bridgehead atoms. The second kappa shape index (κ2) is 6.57. The largest absolute Gasteiger partial charge is 0.339 e. The van der Waals surface area contributed by atoms with Crippen LogP contribution in [0.4, 0.5) is 5.69 Å². The van der Waals surface area contributed by atoms with Gasteiger partial charge in [0.05, 0.1) is 10.6 Å². The molecule has 1 aliphatic carbocycles. The molecule has 0 amide bonds. The summed E-state index contributed by atoms with van der Waals surface area (Å²) in [5.41, 5.74) is 3.60. The van der Waals surface area contributed by atoms with Gasteiger partial charge in [-0.05, 0) is 55.0 Å². The number of hydrogen-bond acceptors (Lipinski definition) is 5. The summed E-state index contributed by atoms with van der Waals surface area (Å²) >= 11 is 0. The zero-order valence-electron chi connectivity index (χ0n) is 14.4. The summed E-state index contributed by atoms with van der Waals surface area (Å²) < 4.78 is 33.5. The van der Waals surface area contributed by atoms with Gasteiger partial charge in [0.2, 0.25) is 11.7 Å². The molecule has 134 valence electrons. The summed E-state index contributed by atoms with van der Waals surface area (Å²) in [6.07, 6.45) is 4.13. The number of fused-ring (bicyclic) bond motifs is 1. The topological polar surface area (TPSA) is 85.1 Å². The highest BCUT2D eigenvalue weighted by Crippen LogP contribution is 2.30. The van der Waals surface area contributed by atoms with E-state index in [9.17, 15) is 8.42 Å². The molecule has 0 fully saturated rings. The molecule has 0 radical (unpaired) electrons. The third-order valence-electron chi connectivity index (χ3n) is 4.57. The lowest BCUT2D eigenvalue weighted by Crippen LogP contribution is -2.16. The third-order valence-corrected chi connectivity index (χ3v) is 5.93. The molecule has 0 unspecified atom stereocenters. The molecule has 0 atom stereocenters. The van der Waals surface area contributed by atoms with Crippen LogP contribution in [0.1, 0.15) is 29.9 Å². The van der Waals surface area contributed by atoms with Crippen molar-refractivity contribution in [2.45, 2.75) is 37.5 Å². The van der Waals surface area contributed by atoms with Crippen LogP contribution in [0.15, 0.2) is 51.9 Å². The number of rotatable bonds is 4. The Morgan fingerprint density at radius 1 is 1.08 bits per heavy atom. The van der Waals surface area contributed by atoms with Gasteiger partial charge in [-0.3, -0.25) is 4.72 Å². The standard InChI is InChI=1S/C19H19N3O3S/c1-13-20-19(21-25-13)15-8-4-9-16(12-15)26(23,24)22-18-11-5-7-14-6-2-3-10-17(14)18/h4-5,7-9,11-12,22H,2-3,6,10H2,1H3. The van der Waals surface area contributed by atoms with Crippen LogP contribution in [0.3, 0.4) is 0 Å². The van der Waals surface area contributed by atoms with E-state index in [-0.39, 0.29) is 4.90 Å². The number of benzene rings is 2. The Morgan fingerprint density at radius 2 is 1.88 bits per heavy atom. The Hall–Kier alpha value is -2.67. The predicted molar refractivity (Wildman–Crippen MR) is 98.4 cm³/mol. The number of aryl methyl sites for hydroxylation is 2. The summed E-state index contributed by atoms with van der Waals surface area (Å²) in [6.45, 7) is 1.69. The Morgan fingerprint density at radius 3 is 2.69 bits per heavy atom. The van der Waals surface area contributed by atoms with Crippen LogP contribution in [0.2, 0.25) is 0 Å². The van der Waals surface area contributed by atoms with Crippen LogP contribution >= 0.6 is 0 Å². The number of nitrogens with one attached hydrogen (secondary N) is 1. The van der Waals surface area contributed by atoms with E-state index in [0.29, 0.717) is 23.0 Å². The minimum atomic E-state index is -3.71. The first-order valence-electron chi connectivity index (χ1n) is 8.57. The lowest BCUT2D eigenvalue weighted by atomic mass is 9.91. The molecule has 6 nitrogen and oxygen atoms in total. The van der Waals surface area contributed by atoms with Crippen molar-refractivity contribution < 1.29 is 12.9 Å². The highest BCUT2D eigenvalue weighted by atomic mass is 32.2.